The molecule has 0 saturated heterocycles. The van der Waals surface area contributed by atoms with E-state index in [0.717, 1.165) is 9.37 Å². The van der Waals surface area contributed by atoms with Crippen molar-refractivity contribution >= 4 is 62.9 Å². The molecule has 0 spiro atoms. The van der Waals surface area contributed by atoms with Crippen molar-refractivity contribution in [1.29, 1.82) is 0 Å². The molecule has 3 N–H and O–H groups in total. The van der Waals surface area contributed by atoms with Crippen molar-refractivity contribution in [2.75, 3.05) is 37.7 Å². The Hall–Kier alpha value is -4.74. The van der Waals surface area contributed by atoms with Crippen molar-refractivity contribution in [3.8, 4) is 17.2 Å². The Labute approximate surface area is 268 Å². The van der Waals surface area contributed by atoms with Gasteiger partial charge in [-0.15, -0.1) is 11.8 Å². The first-order valence-corrected chi connectivity index (χ1v) is 15.1. The van der Waals surface area contributed by atoms with Crippen LogP contribution in [0.5, 0.6) is 17.2 Å². The van der Waals surface area contributed by atoms with E-state index in [1.54, 1.807) is 60.7 Å². The van der Waals surface area contributed by atoms with Crippen LogP contribution in [0, 0.1) is 0 Å². The number of hydrogen-bond donors (Lipinski definition) is 3. The number of rotatable bonds is 12. The minimum absolute atomic E-state index is 0.0322. The van der Waals surface area contributed by atoms with E-state index in [2.05, 4.69) is 31.9 Å². The molecule has 4 aromatic carbocycles. The van der Waals surface area contributed by atoms with Crippen LogP contribution >= 0.6 is 27.7 Å². The molecule has 0 heterocycles. The summed E-state index contributed by atoms with van der Waals surface area (Å²) in [5, 5.41) is 8.44. The number of halogens is 1. The Bertz CT molecular complexity index is 1680. The molecule has 44 heavy (non-hydrogen) atoms. The maximum Gasteiger partial charge on any atom is 0.272 e. The van der Waals surface area contributed by atoms with E-state index < -0.39 is 11.8 Å². The van der Waals surface area contributed by atoms with Gasteiger partial charge in [0.2, 0.25) is 5.91 Å². The fourth-order valence-electron chi connectivity index (χ4n) is 4.02. The molecule has 0 aliphatic carbocycles. The normalized spacial score (nSPS) is 10.9. The number of thioether (sulfide) groups is 1. The third kappa shape index (κ3) is 8.65. The SMILES string of the molecule is COc1cc(OC)c(OC)cc1/C=C(/NC(=O)c1ccccc1)C(=O)Nc1cccc(SCC(=O)Nc2ccccc2Br)c1. The highest BCUT2D eigenvalue weighted by molar-refractivity contribution is 9.10. The Morgan fingerprint density at radius 1 is 0.773 bits per heavy atom. The molecular formula is C33H30BrN3O6S. The van der Waals surface area contributed by atoms with Gasteiger partial charge >= 0.3 is 0 Å². The van der Waals surface area contributed by atoms with Gasteiger partial charge in [-0.25, -0.2) is 0 Å². The van der Waals surface area contributed by atoms with Crippen LogP contribution in [0.2, 0.25) is 0 Å². The number of methoxy groups -OCH3 is 3. The number of amides is 3. The summed E-state index contributed by atoms with van der Waals surface area (Å²) in [6.07, 6.45) is 1.50. The number of hydrogen-bond acceptors (Lipinski definition) is 7. The lowest BCUT2D eigenvalue weighted by Gasteiger charge is -2.15. The molecule has 9 nitrogen and oxygen atoms in total. The lowest BCUT2D eigenvalue weighted by atomic mass is 10.1. The van der Waals surface area contributed by atoms with Crippen molar-refractivity contribution in [2.45, 2.75) is 4.90 Å². The zero-order valence-corrected chi connectivity index (χ0v) is 26.6. The van der Waals surface area contributed by atoms with Crippen molar-refractivity contribution in [2.24, 2.45) is 0 Å². The van der Waals surface area contributed by atoms with Gasteiger partial charge in [0.25, 0.3) is 11.8 Å². The summed E-state index contributed by atoms with van der Waals surface area (Å²) in [6.45, 7) is 0. The highest BCUT2D eigenvalue weighted by Crippen LogP contribution is 2.35. The second kappa shape index (κ2) is 15.6. The maximum atomic E-state index is 13.6. The average molecular weight is 677 g/mol. The average Bonchev–Trinajstić information content (AvgIpc) is 3.04. The van der Waals surface area contributed by atoms with E-state index in [9.17, 15) is 14.4 Å². The fraction of sp³-hybridized carbons (Fsp3) is 0.121. The molecule has 0 bridgehead atoms. The summed E-state index contributed by atoms with van der Waals surface area (Å²) >= 11 is 4.74. The van der Waals surface area contributed by atoms with Gasteiger partial charge in [0.1, 0.15) is 11.4 Å². The van der Waals surface area contributed by atoms with Crippen LogP contribution in [0.15, 0.2) is 106 Å². The highest BCUT2D eigenvalue weighted by Gasteiger charge is 2.18. The first kappa shape index (κ1) is 32.2. The minimum atomic E-state index is -0.570. The Kier molecular flexibility index (Phi) is 11.4. The molecule has 0 aromatic heterocycles. The molecule has 3 amide bonds. The van der Waals surface area contributed by atoms with E-state index in [1.807, 2.05) is 30.3 Å². The van der Waals surface area contributed by atoms with Crippen LogP contribution in [0.4, 0.5) is 11.4 Å². The summed E-state index contributed by atoms with van der Waals surface area (Å²) in [5.41, 5.74) is 1.98. The van der Waals surface area contributed by atoms with Crippen molar-refractivity contribution in [3.05, 3.63) is 112 Å². The molecular weight excluding hydrogens is 646 g/mol. The fourth-order valence-corrected chi connectivity index (χ4v) is 5.16. The van der Waals surface area contributed by atoms with Gasteiger partial charge in [-0.2, -0.15) is 0 Å². The van der Waals surface area contributed by atoms with Gasteiger partial charge in [0.15, 0.2) is 11.5 Å². The van der Waals surface area contributed by atoms with E-state index in [1.165, 1.54) is 39.2 Å². The zero-order chi connectivity index (χ0) is 31.5. The molecule has 4 rings (SSSR count). The highest BCUT2D eigenvalue weighted by atomic mass is 79.9. The third-order valence-electron chi connectivity index (χ3n) is 6.17. The summed E-state index contributed by atoms with van der Waals surface area (Å²) in [6, 6.07) is 26.3. The maximum absolute atomic E-state index is 13.6. The van der Waals surface area contributed by atoms with Crippen molar-refractivity contribution in [1.82, 2.24) is 5.32 Å². The van der Waals surface area contributed by atoms with Gasteiger partial charge < -0.3 is 30.2 Å². The number of para-hydroxylation sites is 1. The first-order valence-electron chi connectivity index (χ1n) is 13.3. The third-order valence-corrected chi connectivity index (χ3v) is 7.86. The van der Waals surface area contributed by atoms with Crippen molar-refractivity contribution in [3.63, 3.8) is 0 Å². The standard InChI is InChI=1S/C33H30BrN3O6S/c1-41-28-19-30(43-3)29(42-2)17-22(28)16-27(37-32(39)21-10-5-4-6-11-21)33(40)35-23-12-9-13-24(18-23)44-20-31(38)36-26-15-8-7-14-25(26)34/h4-19H,20H2,1-3H3,(H,35,40)(H,36,38)(H,37,39)/b27-16+. The van der Waals surface area contributed by atoms with Gasteiger partial charge in [0, 0.05) is 32.2 Å². The van der Waals surface area contributed by atoms with E-state index in [0.29, 0.717) is 39.8 Å². The number of nitrogens with one attached hydrogen (secondary N) is 3. The smallest absolute Gasteiger partial charge is 0.272 e. The number of anilines is 2. The van der Waals surface area contributed by atoms with E-state index in [4.69, 9.17) is 14.2 Å². The van der Waals surface area contributed by atoms with Crippen LogP contribution in [-0.4, -0.2) is 44.8 Å². The lowest BCUT2D eigenvalue weighted by Crippen LogP contribution is -2.30. The Balaban J connectivity index is 1.55. The Morgan fingerprint density at radius 2 is 1.45 bits per heavy atom. The summed E-state index contributed by atoms with van der Waals surface area (Å²) in [4.78, 5) is 40.0. The topological polar surface area (TPSA) is 115 Å². The number of carbonyl (C=O) groups is 3. The predicted octanol–water partition coefficient (Wildman–Crippen LogP) is 6.62. The van der Waals surface area contributed by atoms with E-state index in [-0.39, 0.29) is 17.4 Å². The van der Waals surface area contributed by atoms with Crippen LogP contribution < -0.4 is 30.2 Å². The van der Waals surface area contributed by atoms with Gasteiger partial charge in [-0.3, -0.25) is 14.4 Å². The quantitative estimate of drug-likeness (QED) is 0.114. The molecule has 0 aliphatic heterocycles. The van der Waals surface area contributed by atoms with Crippen LogP contribution in [-0.2, 0) is 9.59 Å². The number of carbonyl (C=O) groups excluding carboxylic acids is 3. The van der Waals surface area contributed by atoms with Crippen LogP contribution in [0.25, 0.3) is 6.08 Å². The lowest BCUT2D eigenvalue weighted by molar-refractivity contribution is -0.114. The molecule has 0 radical (unpaired) electrons. The molecule has 4 aromatic rings. The first-order chi connectivity index (χ1) is 21.3. The molecule has 0 atom stereocenters. The number of benzene rings is 4. The minimum Gasteiger partial charge on any atom is -0.496 e. The van der Waals surface area contributed by atoms with Crippen LogP contribution in [0.3, 0.4) is 0 Å². The van der Waals surface area contributed by atoms with E-state index >= 15 is 0 Å². The second-order valence-corrected chi connectivity index (χ2v) is 11.0. The molecule has 0 unspecified atom stereocenters. The predicted molar refractivity (Wildman–Crippen MR) is 177 cm³/mol. The largest absolute Gasteiger partial charge is 0.496 e. The zero-order valence-electron chi connectivity index (χ0n) is 24.2. The summed E-state index contributed by atoms with van der Waals surface area (Å²) < 4.78 is 17.1. The Morgan fingerprint density at radius 3 is 2.16 bits per heavy atom. The van der Waals surface area contributed by atoms with Gasteiger partial charge in [-0.05, 0) is 70.5 Å². The van der Waals surface area contributed by atoms with Crippen molar-refractivity contribution < 1.29 is 28.6 Å². The number of ether oxygens (including phenoxy) is 3. The monoisotopic (exact) mass is 675 g/mol. The molecule has 0 aliphatic rings. The van der Waals surface area contributed by atoms with Crippen LogP contribution in [0.1, 0.15) is 15.9 Å². The second-order valence-electron chi connectivity index (χ2n) is 9.13. The molecule has 11 heteroatoms. The molecule has 226 valence electrons. The molecule has 0 fully saturated rings. The van der Waals surface area contributed by atoms with Gasteiger partial charge in [-0.1, -0.05) is 36.4 Å². The molecule has 0 saturated carbocycles. The summed E-state index contributed by atoms with van der Waals surface area (Å²) in [7, 11) is 4.49. The van der Waals surface area contributed by atoms with Gasteiger partial charge in [0.05, 0.1) is 32.8 Å². The summed E-state index contributed by atoms with van der Waals surface area (Å²) in [5.74, 6) is 0.222.